The summed E-state index contributed by atoms with van der Waals surface area (Å²) in [6.45, 7) is 2.50. The molecule has 0 radical (unpaired) electrons. The van der Waals surface area contributed by atoms with Gasteiger partial charge in [0.1, 0.15) is 5.02 Å². The van der Waals surface area contributed by atoms with Crippen molar-refractivity contribution in [1.29, 1.82) is 0 Å². The first kappa shape index (κ1) is 17.9. The van der Waals surface area contributed by atoms with Gasteiger partial charge in [0.2, 0.25) is 5.91 Å². The molecule has 2 amide bonds. The molecule has 2 aromatic rings. The number of halogens is 1. The Morgan fingerprint density at radius 3 is 2.73 bits per heavy atom. The van der Waals surface area contributed by atoms with Crippen molar-refractivity contribution < 1.29 is 14.5 Å². The molecule has 0 spiro atoms. The number of nitro groups is 1. The molecule has 0 saturated heterocycles. The summed E-state index contributed by atoms with van der Waals surface area (Å²) in [5.41, 5.74) is 2.22. The zero-order valence-electron chi connectivity index (χ0n) is 14.0. The van der Waals surface area contributed by atoms with Crippen LogP contribution in [0.4, 0.5) is 17.1 Å². The van der Waals surface area contributed by atoms with Crippen LogP contribution in [0.3, 0.4) is 0 Å². The lowest BCUT2D eigenvalue weighted by Gasteiger charge is -2.28. The van der Waals surface area contributed by atoms with Crippen LogP contribution >= 0.6 is 11.6 Å². The van der Waals surface area contributed by atoms with Crippen LogP contribution in [0.15, 0.2) is 36.4 Å². The maximum atomic E-state index is 12.4. The molecular formula is C18H16ClN3O4. The molecule has 3 rings (SSSR count). The number of hydrogen-bond donors (Lipinski definition) is 1. The molecule has 8 heteroatoms. The fraction of sp³-hybridized carbons (Fsp3) is 0.222. The lowest BCUT2D eigenvalue weighted by Crippen LogP contribution is -2.34. The first-order valence-corrected chi connectivity index (χ1v) is 8.47. The van der Waals surface area contributed by atoms with Crippen LogP contribution in [0.2, 0.25) is 5.02 Å². The van der Waals surface area contributed by atoms with Gasteiger partial charge < -0.3 is 10.2 Å². The number of rotatable bonds is 4. The van der Waals surface area contributed by atoms with Gasteiger partial charge in [-0.15, -0.1) is 0 Å². The van der Waals surface area contributed by atoms with E-state index < -0.39 is 10.8 Å². The normalized spacial score (nSPS) is 13.3. The van der Waals surface area contributed by atoms with Gasteiger partial charge in [0, 0.05) is 36.0 Å². The summed E-state index contributed by atoms with van der Waals surface area (Å²) in [7, 11) is 0. The lowest BCUT2D eigenvalue weighted by molar-refractivity contribution is -0.384. The third-order valence-corrected chi connectivity index (χ3v) is 4.58. The first-order chi connectivity index (χ1) is 12.4. The van der Waals surface area contributed by atoms with E-state index in [0.717, 1.165) is 17.3 Å². The minimum absolute atomic E-state index is 0.0235. The standard InChI is InChI=1S/C18H16ClN3O4/c1-2-21-15-7-5-13(9-11(15)4-8-17(21)23)20-18(24)12-3-6-14(19)16(10-12)22(25)26/h3,5-7,9-10H,2,4,8H2,1H3,(H,20,24). The molecule has 0 aliphatic carbocycles. The van der Waals surface area contributed by atoms with Gasteiger partial charge in [-0.1, -0.05) is 11.6 Å². The van der Waals surface area contributed by atoms with Crippen molar-refractivity contribution in [2.24, 2.45) is 0 Å². The molecule has 1 heterocycles. The number of nitrogens with zero attached hydrogens (tertiary/aromatic N) is 2. The Labute approximate surface area is 154 Å². The monoisotopic (exact) mass is 373 g/mol. The van der Waals surface area contributed by atoms with Gasteiger partial charge >= 0.3 is 0 Å². The van der Waals surface area contributed by atoms with Gasteiger partial charge in [-0.2, -0.15) is 0 Å². The Hall–Kier alpha value is -2.93. The van der Waals surface area contributed by atoms with Crippen molar-refractivity contribution in [2.45, 2.75) is 19.8 Å². The van der Waals surface area contributed by atoms with E-state index in [1.54, 1.807) is 17.0 Å². The van der Waals surface area contributed by atoms with Crippen LogP contribution in [0.25, 0.3) is 0 Å². The van der Waals surface area contributed by atoms with Gasteiger partial charge in [0.15, 0.2) is 0 Å². The van der Waals surface area contributed by atoms with Gasteiger partial charge in [-0.25, -0.2) is 0 Å². The number of anilines is 2. The summed E-state index contributed by atoms with van der Waals surface area (Å²) in [4.78, 5) is 36.4. The molecule has 0 fully saturated rings. The minimum atomic E-state index is -0.631. The molecule has 2 aromatic carbocycles. The first-order valence-electron chi connectivity index (χ1n) is 8.09. The van der Waals surface area contributed by atoms with E-state index in [-0.39, 0.29) is 22.2 Å². The van der Waals surface area contributed by atoms with E-state index >= 15 is 0 Å². The van der Waals surface area contributed by atoms with E-state index in [0.29, 0.717) is 25.1 Å². The van der Waals surface area contributed by atoms with E-state index in [4.69, 9.17) is 11.6 Å². The predicted octanol–water partition coefficient (Wildman–Crippen LogP) is 3.80. The minimum Gasteiger partial charge on any atom is -0.322 e. The number of amides is 2. The second-order valence-corrected chi connectivity index (χ2v) is 6.27. The van der Waals surface area contributed by atoms with E-state index in [1.807, 2.05) is 13.0 Å². The van der Waals surface area contributed by atoms with Gasteiger partial charge in [0.05, 0.1) is 4.92 Å². The summed E-state index contributed by atoms with van der Waals surface area (Å²) in [5, 5.41) is 13.7. The van der Waals surface area contributed by atoms with Crippen molar-refractivity contribution >= 4 is 40.5 Å². The second kappa shape index (κ2) is 7.13. The summed E-state index contributed by atoms with van der Waals surface area (Å²) in [5.74, 6) is -0.380. The summed E-state index contributed by atoms with van der Waals surface area (Å²) in [6, 6.07) is 9.24. The highest BCUT2D eigenvalue weighted by Gasteiger charge is 2.23. The van der Waals surface area contributed by atoms with Crippen LogP contribution in [0.1, 0.15) is 29.3 Å². The zero-order valence-corrected chi connectivity index (χ0v) is 14.7. The smallest absolute Gasteiger partial charge is 0.288 e. The Morgan fingerprint density at radius 1 is 1.27 bits per heavy atom. The zero-order chi connectivity index (χ0) is 18.8. The summed E-state index contributed by atoms with van der Waals surface area (Å²) in [6.07, 6.45) is 1.04. The quantitative estimate of drug-likeness (QED) is 0.651. The maximum absolute atomic E-state index is 12.4. The molecule has 1 aliphatic rings. The number of carbonyl (C=O) groups is 2. The van der Waals surface area contributed by atoms with Gasteiger partial charge in [0.25, 0.3) is 11.6 Å². The van der Waals surface area contributed by atoms with Crippen molar-refractivity contribution in [1.82, 2.24) is 0 Å². The third kappa shape index (κ3) is 3.39. The van der Waals surface area contributed by atoms with Crippen molar-refractivity contribution in [2.75, 3.05) is 16.8 Å². The number of hydrogen-bond acceptors (Lipinski definition) is 4. The highest BCUT2D eigenvalue weighted by atomic mass is 35.5. The predicted molar refractivity (Wildman–Crippen MR) is 98.8 cm³/mol. The number of fused-ring (bicyclic) bond motifs is 1. The summed E-state index contributed by atoms with van der Waals surface area (Å²) < 4.78 is 0. The maximum Gasteiger partial charge on any atom is 0.288 e. The van der Waals surface area contributed by atoms with Crippen LogP contribution in [-0.4, -0.2) is 23.3 Å². The Bertz CT molecular complexity index is 913. The number of nitro benzene ring substituents is 1. The van der Waals surface area contributed by atoms with Crippen LogP contribution in [0, 0.1) is 10.1 Å². The molecule has 0 atom stereocenters. The summed E-state index contributed by atoms with van der Waals surface area (Å²) >= 11 is 5.77. The highest BCUT2D eigenvalue weighted by Crippen LogP contribution is 2.30. The molecule has 0 bridgehead atoms. The molecule has 0 aromatic heterocycles. The molecule has 7 nitrogen and oxygen atoms in total. The van der Waals surface area contributed by atoms with Crippen LogP contribution in [-0.2, 0) is 11.2 Å². The Morgan fingerprint density at radius 2 is 2.04 bits per heavy atom. The Balaban J connectivity index is 1.84. The van der Waals surface area contributed by atoms with Crippen molar-refractivity contribution in [3.63, 3.8) is 0 Å². The molecular weight excluding hydrogens is 358 g/mol. The molecule has 26 heavy (non-hydrogen) atoms. The van der Waals surface area contributed by atoms with Crippen molar-refractivity contribution in [3.05, 3.63) is 62.7 Å². The highest BCUT2D eigenvalue weighted by molar-refractivity contribution is 6.32. The molecule has 1 aliphatic heterocycles. The number of benzene rings is 2. The second-order valence-electron chi connectivity index (χ2n) is 5.86. The molecule has 1 N–H and O–H groups in total. The van der Waals surface area contributed by atoms with Crippen LogP contribution in [0.5, 0.6) is 0 Å². The average molecular weight is 374 g/mol. The van der Waals surface area contributed by atoms with E-state index in [9.17, 15) is 19.7 Å². The van der Waals surface area contributed by atoms with Gasteiger partial charge in [-0.3, -0.25) is 19.7 Å². The van der Waals surface area contributed by atoms with E-state index in [2.05, 4.69) is 5.32 Å². The fourth-order valence-corrected chi connectivity index (χ4v) is 3.17. The number of aryl methyl sites for hydroxylation is 1. The van der Waals surface area contributed by atoms with Crippen molar-refractivity contribution in [3.8, 4) is 0 Å². The fourth-order valence-electron chi connectivity index (χ4n) is 2.98. The molecule has 0 unspecified atom stereocenters. The van der Waals surface area contributed by atoms with Crippen LogP contribution < -0.4 is 10.2 Å². The molecule has 0 saturated carbocycles. The number of nitrogens with one attached hydrogen (secondary N) is 1. The topological polar surface area (TPSA) is 92.6 Å². The number of carbonyl (C=O) groups excluding carboxylic acids is 2. The lowest BCUT2D eigenvalue weighted by atomic mass is 10.0. The third-order valence-electron chi connectivity index (χ3n) is 4.26. The van der Waals surface area contributed by atoms with Gasteiger partial charge in [-0.05, 0) is 49.2 Å². The largest absolute Gasteiger partial charge is 0.322 e. The Kier molecular flexibility index (Phi) is 4.90. The molecule has 134 valence electrons. The SMILES string of the molecule is CCN1C(=O)CCc2cc(NC(=O)c3ccc(Cl)c([N+](=O)[O-])c3)ccc21. The average Bonchev–Trinajstić information content (AvgIpc) is 2.61. The van der Waals surface area contributed by atoms with E-state index in [1.165, 1.54) is 12.1 Å².